The zero-order valence-electron chi connectivity index (χ0n) is 15.7. The lowest BCUT2D eigenvalue weighted by Gasteiger charge is -2.37. The van der Waals surface area contributed by atoms with Gasteiger partial charge in [-0.05, 0) is 37.3 Å². The van der Waals surface area contributed by atoms with E-state index < -0.39 is 0 Å². The van der Waals surface area contributed by atoms with Crippen molar-refractivity contribution in [1.29, 1.82) is 0 Å². The summed E-state index contributed by atoms with van der Waals surface area (Å²) in [5.41, 5.74) is 2.25. The standard InChI is InChI=1S/C22H21N5S/c1-16-14-19-21(24-20(25-22(19)28-16)17-6-5-9-23-15-17)27-12-10-26(11-13-27)18-7-3-2-4-8-18/h2-9,14-15H,10-13H2,1H3. The first-order chi connectivity index (χ1) is 13.8. The first-order valence-corrected chi connectivity index (χ1v) is 10.3. The summed E-state index contributed by atoms with van der Waals surface area (Å²) in [6.07, 6.45) is 3.61. The molecule has 28 heavy (non-hydrogen) atoms. The fraction of sp³-hybridized carbons (Fsp3) is 0.227. The van der Waals surface area contributed by atoms with E-state index in [0.29, 0.717) is 0 Å². The molecule has 4 aromatic rings. The van der Waals surface area contributed by atoms with Gasteiger partial charge < -0.3 is 9.80 Å². The molecule has 3 aromatic heterocycles. The zero-order valence-corrected chi connectivity index (χ0v) is 16.6. The van der Waals surface area contributed by atoms with Crippen LogP contribution in [0.2, 0.25) is 0 Å². The lowest BCUT2D eigenvalue weighted by molar-refractivity contribution is 0.649. The SMILES string of the molecule is Cc1cc2c(N3CCN(c4ccccc4)CC3)nc(-c3cccnc3)nc2s1. The van der Waals surface area contributed by atoms with Crippen molar-refractivity contribution in [2.45, 2.75) is 6.92 Å². The van der Waals surface area contributed by atoms with Crippen LogP contribution in [0.25, 0.3) is 21.6 Å². The van der Waals surface area contributed by atoms with Crippen LogP contribution >= 0.6 is 11.3 Å². The van der Waals surface area contributed by atoms with E-state index in [1.807, 2.05) is 18.3 Å². The zero-order chi connectivity index (χ0) is 18.9. The molecule has 0 saturated carbocycles. The molecule has 1 aliphatic heterocycles. The van der Waals surface area contributed by atoms with Gasteiger partial charge in [0.2, 0.25) is 0 Å². The Morgan fingerprint density at radius 2 is 1.68 bits per heavy atom. The van der Waals surface area contributed by atoms with E-state index in [1.54, 1.807) is 17.5 Å². The van der Waals surface area contributed by atoms with E-state index in [2.05, 4.69) is 58.1 Å². The smallest absolute Gasteiger partial charge is 0.164 e. The second kappa shape index (κ2) is 7.20. The van der Waals surface area contributed by atoms with Gasteiger partial charge in [-0.2, -0.15) is 0 Å². The summed E-state index contributed by atoms with van der Waals surface area (Å²) in [6, 6.07) is 16.8. The van der Waals surface area contributed by atoms with Crippen LogP contribution in [0.15, 0.2) is 60.9 Å². The molecule has 0 atom stereocenters. The van der Waals surface area contributed by atoms with Crippen LogP contribution in [0.5, 0.6) is 0 Å². The van der Waals surface area contributed by atoms with E-state index in [4.69, 9.17) is 9.97 Å². The summed E-state index contributed by atoms with van der Waals surface area (Å²) in [7, 11) is 0. The molecule has 0 radical (unpaired) electrons. The third kappa shape index (κ3) is 3.20. The van der Waals surface area contributed by atoms with Gasteiger partial charge in [0, 0.05) is 54.7 Å². The number of benzene rings is 1. The number of rotatable bonds is 3. The summed E-state index contributed by atoms with van der Waals surface area (Å²) in [6.45, 7) is 6.00. The van der Waals surface area contributed by atoms with Crippen molar-refractivity contribution in [1.82, 2.24) is 15.0 Å². The Kier molecular flexibility index (Phi) is 4.41. The number of fused-ring (bicyclic) bond motifs is 1. The molecule has 5 nitrogen and oxygen atoms in total. The Morgan fingerprint density at radius 3 is 2.43 bits per heavy atom. The molecule has 0 aliphatic carbocycles. The number of aromatic nitrogens is 3. The summed E-state index contributed by atoms with van der Waals surface area (Å²) < 4.78 is 0. The van der Waals surface area contributed by atoms with Gasteiger partial charge in [0.1, 0.15) is 10.6 Å². The van der Waals surface area contributed by atoms with Crippen LogP contribution in [0.3, 0.4) is 0 Å². The van der Waals surface area contributed by atoms with Gasteiger partial charge in [-0.15, -0.1) is 11.3 Å². The molecular weight excluding hydrogens is 366 g/mol. The second-order valence-corrected chi connectivity index (χ2v) is 8.23. The van der Waals surface area contributed by atoms with Crippen molar-refractivity contribution < 1.29 is 0 Å². The summed E-state index contributed by atoms with van der Waals surface area (Å²) >= 11 is 1.73. The highest BCUT2D eigenvalue weighted by Gasteiger charge is 2.22. The molecule has 4 heterocycles. The fourth-order valence-electron chi connectivity index (χ4n) is 3.71. The van der Waals surface area contributed by atoms with Gasteiger partial charge in [0.05, 0.1) is 5.39 Å². The van der Waals surface area contributed by atoms with E-state index >= 15 is 0 Å². The van der Waals surface area contributed by atoms with Crippen LogP contribution in [-0.4, -0.2) is 41.1 Å². The van der Waals surface area contributed by atoms with Crippen molar-refractivity contribution in [2.24, 2.45) is 0 Å². The minimum Gasteiger partial charge on any atom is -0.368 e. The van der Waals surface area contributed by atoms with E-state index in [-0.39, 0.29) is 0 Å². The van der Waals surface area contributed by atoms with Gasteiger partial charge in [0.25, 0.3) is 0 Å². The minimum atomic E-state index is 0.753. The van der Waals surface area contributed by atoms with Crippen LogP contribution in [-0.2, 0) is 0 Å². The summed E-state index contributed by atoms with van der Waals surface area (Å²) in [5.74, 6) is 1.80. The van der Waals surface area contributed by atoms with Crippen molar-refractivity contribution in [3.05, 3.63) is 65.8 Å². The third-order valence-corrected chi connectivity index (χ3v) is 6.06. The predicted octanol–water partition coefficient (Wildman–Crippen LogP) is 4.39. The molecule has 1 aromatic carbocycles. The maximum atomic E-state index is 4.97. The molecule has 5 rings (SSSR count). The van der Waals surface area contributed by atoms with E-state index in [1.165, 1.54) is 10.6 Å². The Labute approximate surface area is 168 Å². The van der Waals surface area contributed by atoms with Crippen molar-refractivity contribution >= 4 is 33.1 Å². The molecule has 1 fully saturated rings. The summed E-state index contributed by atoms with van der Waals surface area (Å²) in [5, 5.41) is 1.16. The Morgan fingerprint density at radius 1 is 0.893 bits per heavy atom. The van der Waals surface area contributed by atoms with E-state index in [0.717, 1.165) is 53.6 Å². The minimum absolute atomic E-state index is 0.753. The monoisotopic (exact) mass is 387 g/mol. The first kappa shape index (κ1) is 17.1. The molecule has 1 saturated heterocycles. The van der Waals surface area contributed by atoms with Crippen molar-refractivity contribution in [3.8, 4) is 11.4 Å². The normalized spacial score (nSPS) is 14.6. The maximum absolute atomic E-state index is 4.97. The van der Waals surface area contributed by atoms with Crippen LogP contribution < -0.4 is 9.80 Å². The number of hydrogen-bond acceptors (Lipinski definition) is 6. The number of anilines is 2. The molecular formula is C22H21N5S. The molecule has 6 heteroatoms. The Hall–Kier alpha value is -2.99. The highest BCUT2D eigenvalue weighted by molar-refractivity contribution is 7.18. The lowest BCUT2D eigenvalue weighted by atomic mass is 10.2. The Bertz CT molecular complexity index is 1090. The molecule has 0 N–H and O–H groups in total. The lowest BCUT2D eigenvalue weighted by Crippen LogP contribution is -2.46. The van der Waals surface area contributed by atoms with Crippen LogP contribution in [0.4, 0.5) is 11.5 Å². The van der Waals surface area contributed by atoms with Gasteiger partial charge in [-0.25, -0.2) is 9.97 Å². The first-order valence-electron chi connectivity index (χ1n) is 9.51. The maximum Gasteiger partial charge on any atom is 0.164 e. The van der Waals surface area contributed by atoms with Crippen LogP contribution in [0.1, 0.15) is 4.88 Å². The van der Waals surface area contributed by atoms with Gasteiger partial charge in [-0.3, -0.25) is 4.98 Å². The van der Waals surface area contributed by atoms with Gasteiger partial charge >= 0.3 is 0 Å². The summed E-state index contributed by atoms with van der Waals surface area (Å²) in [4.78, 5) is 21.2. The van der Waals surface area contributed by atoms with Gasteiger partial charge in [0.15, 0.2) is 5.82 Å². The molecule has 140 valence electrons. The number of thiophene rings is 1. The molecule has 0 amide bonds. The largest absolute Gasteiger partial charge is 0.368 e. The number of pyridine rings is 1. The molecule has 1 aliphatic rings. The third-order valence-electron chi connectivity index (χ3n) is 5.12. The quantitative estimate of drug-likeness (QED) is 0.522. The number of nitrogens with zero attached hydrogens (tertiary/aromatic N) is 5. The van der Waals surface area contributed by atoms with E-state index in [9.17, 15) is 0 Å². The molecule has 0 unspecified atom stereocenters. The van der Waals surface area contributed by atoms with Crippen molar-refractivity contribution in [3.63, 3.8) is 0 Å². The predicted molar refractivity (Wildman–Crippen MR) is 116 cm³/mol. The fourth-order valence-corrected chi connectivity index (χ4v) is 4.58. The van der Waals surface area contributed by atoms with Crippen molar-refractivity contribution in [2.75, 3.05) is 36.0 Å². The highest BCUT2D eigenvalue weighted by atomic mass is 32.1. The average Bonchev–Trinajstić information content (AvgIpc) is 3.14. The average molecular weight is 388 g/mol. The number of para-hydroxylation sites is 1. The highest BCUT2D eigenvalue weighted by Crippen LogP contribution is 2.33. The number of aryl methyl sites for hydroxylation is 1. The number of piperazine rings is 1. The molecule has 0 spiro atoms. The Balaban J connectivity index is 1.48. The van der Waals surface area contributed by atoms with Gasteiger partial charge in [-0.1, -0.05) is 18.2 Å². The van der Waals surface area contributed by atoms with Crippen LogP contribution in [0, 0.1) is 6.92 Å². The number of hydrogen-bond donors (Lipinski definition) is 0. The second-order valence-electron chi connectivity index (χ2n) is 7.00. The topological polar surface area (TPSA) is 45.2 Å². The molecule has 0 bridgehead atoms.